The van der Waals surface area contributed by atoms with Gasteiger partial charge in [-0.2, -0.15) is 0 Å². The summed E-state index contributed by atoms with van der Waals surface area (Å²) in [7, 11) is 1.73. The minimum absolute atomic E-state index is 0.700. The highest BCUT2D eigenvalue weighted by Gasteiger charge is 2.13. The molecule has 0 aliphatic heterocycles. The number of rotatable bonds is 4. The summed E-state index contributed by atoms with van der Waals surface area (Å²) in [5.74, 6) is 1.08. The summed E-state index contributed by atoms with van der Waals surface area (Å²) in [6.45, 7) is 2.59. The third-order valence-corrected chi connectivity index (χ3v) is 1.24. The van der Waals surface area contributed by atoms with E-state index >= 15 is 0 Å². The van der Waals surface area contributed by atoms with Gasteiger partial charge in [-0.15, -0.1) is 6.42 Å². The lowest BCUT2D eigenvalue weighted by Crippen LogP contribution is -2.45. The van der Waals surface area contributed by atoms with E-state index in [4.69, 9.17) is 11.5 Å². The van der Waals surface area contributed by atoms with Gasteiger partial charge in [-0.1, -0.05) is 12.8 Å². The van der Waals surface area contributed by atoms with Crippen molar-refractivity contribution in [1.29, 1.82) is 0 Å². The van der Waals surface area contributed by atoms with Gasteiger partial charge < -0.3 is 5.11 Å². The van der Waals surface area contributed by atoms with Crippen LogP contribution in [0.2, 0.25) is 0 Å². The fourth-order valence-corrected chi connectivity index (χ4v) is 0.475. The Bertz CT molecular complexity index is 174. The zero-order valence-corrected chi connectivity index (χ0v) is 6.66. The fourth-order valence-electron chi connectivity index (χ4n) is 0.475. The van der Waals surface area contributed by atoms with E-state index in [1.54, 1.807) is 12.1 Å². The van der Waals surface area contributed by atoms with Crippen LogP contribution >= 0.6 is 0 Å². The van der Waals surface area contributed by atoms with E-state index in [0.29, 0.717) is 6.54 Å². The normalized spacial score (nSPS) is 12.5. The van der Waals surface area contributed by atoms with Crippen molar-refractivity contribution in [3.8, 4) is 12.3 Å². The van der Waals surface area contributed by atoms with Crippen LogP contribution in [0.25, 0.3) is 0 Å². The number of terminal acetylenes is 1. The standard InChI is InChI=1S/C7H12N2O2/c1-4-6(7(10)11)8-9(3)5-2/h1,6,8H,5H2,2-3H3,(H,10,11). The molecule has 0 saturated carbocycles. The van der Waals surface area contributed by atoms with Gasteiger partial charge in [-0.05, 0) is 0 Å². The maximum Gasteiger partial charge on any atom is 0.334 e. The van der Waals surface area contributed by atoms with Crippen molar-refractivity contribution in [2.24, 2.45) is 0 Å². The molecule has 0 aromatic rings. The molecule has 0 spiro atoms. The summed E-state index contributed by atoms with van der Waals surface area (Å²) >= 11 is 0. The molecule has 0 aromatic heterocycles. The van der Waals surface area contributed by atoms with Crippen LogP contribution in [-0.4, -0.2) is 35.7 Å². The first-order chi connectivity index (χ1) is 5.11. The molecule has 0 amide bonds. The third-order valence-electron chi connectivity index (χ3n) is 1.24. The Morgan fingerprint density at radius 2 is 2.45 bits per heavy atom. The summed E-state index contributed by atoms with van der Waals surface area (Å²) in [5.41, 5.74) is 2.61. The van der Waals surface area contributed by atoms with Gasteiger partial charge >= 0.3 is 5.97 Å². The minimum atomic E-state index is -1.03. The molecule has 0 saturated heterocycles. The van der Waals surface area contributed by atoms with E-state index in [1.807, 2.05) is 6.92 Å². The maximum absolute atomic E-state index is 10.4. The largest absolute Gasteiger partial charge is 0.479 e. The molecular weight excluding hydrogens is 144 g/mol. The monoisotopic (exact) mass is 156 g/mol. The molecule has 0 aliphatic carbocycles. The van der Waals surface area contributed by atoms with E-state index in [-0.39, 0.29) is 0 Å². The first-order valence-corrected chi connectivity index (χ1v) is 3.28. The number of carboxylic acid groups (broad SMARTS) is 1. The van der Waals surface area contributed by atoms with Crippen molar-refractivity contribution < 1.29 is 9.90 Å². The summed E-state index contributed by atoms with van der Waals surface area (Å²) in [6, 6.07) is -0.931. The van der Waals surface area contributed by atoms with E-state index in [2.05, 4.69) is 11.3 Å². The van der Waals surface area contributed by atoms with Gasteiger partial charge in [0, 0.05) is 13.6 Å². The number of aliphatic carboxylic acids is 1. The van der Waals surface area contributed by atoms with Gasteiger partial charge in [0.1, 0.15) is 0 Å². The molecule has 0 bridgehead atoms. The number of hydrogen-bond donors (Lipinski definition) is 2. The van der Waals surface area contributed by atoms with Crippen LogP contribution in [0.15, 0.2) is 0 Å². The molecule has 62 valence electrons. The average Bonchev–Trinajstić information content (AvgIpc) is 1.99. The van der Waals surface area contributed by atoms with Gasteiger partial charge in [0.25, 0.3) is 0 Å². The van der Waals surface area contributed by atoms with E-state index < -0.39 is 12.0 Å². The van der Waals surface area contributed by atoms with E-state index in [9.17, 15) is 4.79 Å². The molecule has 4 heteroatoms. The van der Waals surface area contributed by atoms with Crippen LogP contribution in [-0.2, 0) is 4.79 Å². The highest BCUT2D eigenvalue weighted by Crippen LogP contribution is 1.82. The maximum atomic E-state index is 10.4. The quantitative estimate of drug-likeness (QED) is 0.427. The zero-order valence-electron chi connectivity index (χ0n) is 6.66. The highest BCUT2D eigenvalue weighted by atomic mass is 16.4. The molecule has 0 aliphatic rings. The topological polar surface area (TPSA) is 52.6 Å². The van der Waals surface area contributed by atoms with E-state index in [0.717, 1.165) is 0 Å². The molecule has 2 N–H and O–H groups in total. The van der Waals surface area contributed by atoms with Gasteiger partial charge in [-0.3, -0.25) is 0 Å². The third kappa shape index (κ3) is 3.61. The van der Waals surface area contributed by atoms with Crippen molar-refractivity contribution >= 4 is 5.97 Å². The number of nitrogens with one attached hydrogen (secondary N) is 1. The smallest absolute Gasteiger partial charge is 0.334 e. The number of carbonyl (C=O) groups is 1. The highest BCUT2D eigenvalue weighted by molar-refractivity contribution is 5.77. The Hall–Kier alpha value is -1.05. The molecule has 11 heavy (non-hydrogen) atoms. The predicted molar refractivity (Wildman–Crippen MR) is 41.7 cm³/mol. The van der Waals surface area contributed by atoms with Crippen LogP contribution in [0.3, 0.4) is 0 Å². The molecule has 1 atom stereocenters. The van der Waals surface area contributed by atoms with Crippen LogP contribution in [0.1, 0.15) is 6.92 Å². The molecule has 1 unspecified atom stereocenters. The molecule has 0 rings (SSSR count). The van der Waals surface area contributed by atoms with Crippen molar-refractivity contribution in [3.63, 3.8) is 0 Å². The number of nitrogens with zero attached hydrogens (tertiary/aromatic N) is 1. The molecule has 4 nitrogen and oxygen atoms in total. The SMILES string of the molecule is C#CC(NN(C)CC)C(=O)O. The molecular formula is C7H12N2O2. The van der Waals surface area contributed by atoms with Crippen molar-refractivity contribution in [2.45, 2.75) is 13.0 Å². The Kier molecular flexibility index (Phi) is 4.27. The molecule has 0 heterocycles. The number of hydrazine groups is 1. The Morgan fingerprint density at radius 3 is 2.73 bits per heavy atom. The van der Waals surface area contributed by atoms with Crippen LogP contribution in [0.5, 0.6) is 0 Å². The summed E-state index contributed by atoms with van der Waals surface area (Å²) in [5, 5.41) is 10.1. The second-order valence-corrected chi connectivity index (χ2v) is 2.08. The zero-order chi connectivity index (χ0) is 8.85. The lowest BCUT2D eigenvalue weighted by atomic mass is 10.3. The average molecular weight is 156 g/mol. The number of carboxylic acids is 1. The van der Waals surface area contributed by atoms with Crippen LogP contribution in [0, 0.1) is 12.3 Å². The predicted octanol–water partition coefficient (Wildman–Crippen LogP) is -0.471. The minimum Gasteiger partial charge on any atom is -0.479 e. The van der Waals surface area contributed by atoms with Crippen molar-refractivity contribution in [2.75, 3.05) is 13.6 Å². The lowest BCUT2D eigenvalue weighted by Gasteiger charge is -2.17. The van der Waals surface area contributed by atoms with Gasteiger partial charge in [0.15, 0.2) is 6.04 Å². The lowest BCUT2D eigenvalue weighted by molar-refractivity contribution is -0.139. The fraction of sp³-hybridized carbons (Fsp3) is 0.571. The number of hydrogen-bond acceptors (Lipinski definition) is 3. The van der Waals surface area contributed by atoms with Crippen molar-refractivity contribution in [3.05, 3.63) is 0 Å². The molecule has 0 aromatic carbocycles. The first kappa shape index (κ1) is 9.95. The van der Waals surface area contributed by atoms with Crippen molar-refractivity contribution in [1.82, 2.24) is 10.4 Å². The second-order valence-electron chi connectivity index (χ2n) is 2.08. The van der Waals surface area contributed by atoms with Gasteiger partial charge in [-0.25, -0.2) is 15.2 Å². The van der Waals surface area contributed by atoms with Gasteiger partial charge in [0.05, 0.1) is 0 Å². The Morgan fingerprint density at radius 1 is 1.91 bits per heavy atom. The summed E-state index contributed by atoms with van der Waals surface area (Å²) in [4.78, 5) is 10.4. The first-order valence-electron chi connectivity index (χ1n) is 3.28. The molecule has 0 radical (unpaired) electrons. The summed E-state index contributed by atoms with van der Waals surface area (Å²) < 4.78 is 0. The van der Waals surface area contributed by atoms with Crippen LogP contribution < -0.4 is 5.43 Å². The molecule has 0 fully saturated rings. The van der Waals surface area contributed by atoms with E-state index in [1.165, 1.54) is 0 Å². The van der Waals surface area contributed by atoms with Crippen LogP contribution in [0.4, 0.5) is 0 Å². The van der Waals surface area contributed by atoms with Gasteiger partial charge in [0.2, 0.25) is 0 Å². The Labute approximate surface area is 66.2 Å². The Balaban J connectivity index is 3.91. The second kappa shape index (κ2) is 4.72. The summed E-state index contributed by atoms with van der Waals surface area (Å²) in [6.07, 6.45) is 4.96.